The Morgan fingerprint density at radius 3 is 1.83 bits per heavy atom. The quantitative estimate of drug-likeness (QED) is 0.533. The zero-order valence-corrected chi connectivity index (χ0v) is 19.6. The molecule has 6 nitrogen and oxygen atoms in total. The molecule has 0 spiro atoms. The van der Waals surface area contributed by atoms with Crippen molar-refractivity contribution in [1.82, 2.24) is 15.1 Å². The third-order valence-electron chi connectivity index (χ3n) is 6.85. The van der Waals surface area contributed by atoms with Crippen LogP contribution in [0.5, 0.6) is 0 Å². The molecule has 0 unspecified atom stereocenters. The van der Waals surface area contributed by atoms with Gasteiger partial charge in [0.1, 0.15) is 11.4 Å². The molecule has 3 aromatic rings. The van der Waals surface area contributed by atoms with Crippen LogP contribution in [0, 0.1) is 5.82 Å². The average molecular weight is 473 g/mol. The van der Waals surface area contributed by atoms with Crippen LogP contribution in [-0.4, -0.2) is 60.1 Å². The van der Waals surface area contributed by atoms with Gasteiger partial charge in [-0.25, -0.2) is 14.1 Å². The highest BCUT2D eigenvalue weighted by Gasteiger charge is 2.51. The molecule has 3 aromatic carbocycles. The van der Waals surface area contributed by atoms with E-state index < -0.39 is 5.54 Å². The van der Waals surface area contributed by atoms with E-state index in [1.54, 1.807) is 12.1 Å². The number of benzene rings is 3. The number of imide groups is 1. The molecule has 5 rings (SSSR count). The van der Waals surface area contributed by atoms with Crippen molar-refractivity contribution in [1.29, 1.82) is 0 Å². The number of piperazine rings is 1. The van der Waals surface area contributed by atoms with Crippen molar-refractivity contribution < 1.29 is 14.0 Å². The van der Waals surface area contributed by atoms with Gasteiger partial charge in [-0.2, -0.15) is 0 Å². The summed E-state index contributed by atoms with van der Waals surface area (Å²) in [6, 6.07) is 25.8. The number of hydrogen-bond acceptors (Lipinski definition) is 4. The molecule has 0 radical (unpaired) electrons. The largest absolute Gasteiger partial charge is 0.369 e. The molecule has 0 aromatic heterocycles. The van der Waals surface area contributed by atoms with Gasteiger partial charge < -0.3 is 10.2 Å². The molecular weight excluding hydrogens is 443 g/mol. The van der Waals surface area contributed by atoms with Gasteiger partial charge >= 0.3 is 6.03 Å². The standard InChI is InChI=1S/C28H29FN4O2/c29-24-11-13-25(14-12-24)32-17-15-31(16-18-32)21-33-26(34)28(30-27(33)35,19-22-7-3-1-4-8-22)20-23-9-5-2-6-10-23/h1-14H,15-21H2,(H,30,35). The number of nitrogens with one attached hydrogen (secondary N) is 1. The maximum Gasteiger partial charge on any atom is 0.326 e. The van der Waals surface area contributed by atoms with Gasteiger partial charge in [0.15, 0.2) is 0 Å². The number of anilines is 1. The molecule has 2 aliphatic heterocycles. The molecule has 3 amide bonds. The second-order valence-electron chi connectivity index (χ2n) is 9.29. The molecule has 35 heavy (non-hydrogen) atoms. The smallest absolute Gasteiger partial charge is 0.326 e. The summed E-state index contributed by atoms with van der Waals surface area (Å²) in [6.45, 7) is 3.16. The van der Waals surface area contributed by atoms with Crippen LogP contribution < -0.4 is 10.2 Å². The van der Waals surface area contributed by atoms with Crippen LogP contribution in [0.15, 0.2) is 84.9 Å². The van der Waals surface area contributed by atoms with Gasteiger partial charge in [-0.1, -0.05) is 60.7 Å². The highest BCUT2D eigenvalue weighted by Crippen LogP contribution is 2.28. The molecule has 0 aliphatic carbocycles. The van der Waals surface area contributed by atoms with Crippen molar-refractivity contribution in [2.24, 2.45) is 0 Å². The number of carbonyl (C=O) groups is 2. The number of halogens is 1. The van der Waals surface area contributed by atoms with E-state index in [4.69, 9.17) is 0 Å². The minimum Gasteiger partial charge on any atom is -0.369 e. The fourth-order valence-corrected chi connectivity index (χ4v) is 4.99. The van der Waals surface area contributed by atoms with Crippen LogP contribution in [0.3, 0.4) is 0 Å². The topological polar surface area (TPSA) is 55.9 Å². The first-order valence-electron chi connectivity index (χ1n) is 12.0. The Morgan fingerprint density at radius 1 is 0.743 bits per heavy atom. The number of carbonyl (C=O) groups excluding carboxylic acids is 2. The van der Waals surface area contributed by atoms with Gasteiger partial charge in [-0.05, 0) is 35.4 Å². The normalized spacial score (nSPS) is 18.1. The molecule has 7 heteroatoms. The minimum absolute atomic E-state index is 0.184. The summed E-state index contributed by atoms with van der Waals surface area (Å²) < 4.78 is 13.3. The molecule has 2 saturated heterocycles. The lowest BCUT2D eigenvalue weighted by Gasteiger charge is -2.37. The van der Waals surface area contributed by atoms with E-state index in [9.17, 15) is 14.0 Å². The molecule has 2 heterocycles. The summed E-state index contributed by atoms with van der Waals surface area (Å²) in [5.74, 6) is -0.434. The summed E-state index contributed by atoms with van der Waals surface area (Å²) in [5.41, 5.74) is 1.97. The zero-order valence-electron chi connectivity index (χ0n) is 19.6. The number of urea groups is 1. The summed E-state index contributed by atoms with van der Waals surface area (Å²) in [5, 5.41) is 3.06. The molecule has 0 bridgehead atoms. The number of hydrogen-bond donors (Lipinski definition) is 1. The molecule has 0 saturated carbocycles. The average Bonchev–Trinajstić information content (AvgIpc) is 3.10. The Morgan fingerprint density at radius 2 is 1.29 bits per heavy atom. The lowest BCUT2D eigenvalue weighted by molar-refractivity contribution is -0.132. The molecule has 2 aliphatic rings. The maximum absolute atomic E-state index is 13.8. The van der Waals surface area contributed by atoms with Crippen LogP contribution in [0.2, 0.25) is 0 Å². The third-order valence-corrected chi connectivity index (χ3v) is 6.85. The number of amides is 3. The first-order valence-corrected chi connectivity index (χ1v) is 12.0. The molecule has 0 atom stereocenters. The predicted octanol–water partition coefficient (Wildman–Crippen LogP) is 3.68. The van der Waals surface area contributed by atoms with Crippen molar-refractivity contribution in [3.05, 3.63) is 102 Å². The Balaban J connectivity index is 1.30. The van der Waals surface area contributed by atoms with Crippen LogP contribution in [0.25, 0.3) is 0 Å². The SMILES string of the molecule is O=C1NC(Cc2ccccc2)(Cc2ccccc2)C(=O)N1CN1CCN(c2ccc(F)cc2)CC1. The Bertz CT molecular complexity index is 1120. The summed E-state index contributed by atoms with van der Waals surface area (Å²) in [7, 11) is 0. The van der Waals surface area contributed by atoms with E-state index in [1.165, 1.54) is 17.0 Å². The Labute approximate surface area is 205 Å². The minimum atomic E-state index is -1.02. The Hall–Kier alpha value is -3.71. The fourth-order valence-electron chi connectivity index (χ4n) is 4.99. The second kappa shape index (κ2) is 9.88. The van der Waals surface area contributed by atoms with Gasteiger partial charge in [0.05, 0.1) is 6.67 Å². The van der Waals surface area contributed by atoms with Gasteiger partial charge in [0.2, 0.25) is 0 Å². The molecule has 2 fully saturated rings. The van der Waals surface area contributed by atoms with Crippen molar-refractivity contribution >= 4 is 17.6 Å². The highest BCUT2D eigenvalue weighted by atomic mass is 19.1. The van der Waals surface area contributed by atoms with E-state index in [1.807, 2.05) is 60.7 Å². The lowest BCUT2D eigenvalue weighted by Crippen LogP contribution is -2.53. The van der Waals surface area contributed by atoms with Crippen LogP contribution in [-0.2, 0) is 17.6 Å². The first-order chi connectivity index (χ1) is 17.0. The van der Waals surface area contributed by atoms with E-state index in [2.05, 4.69) is 15.1 Å². The van der Waals surface area contributed by atoms with E-state index in [0.29, 0.717) is 25.9 Å². The van der Waals surface area contributed by atoms with Crippen LogP contribution >= 0.6 is 0 Å². The van der Waals surface area contributed by atoms with Crippen LogP contribution in [0.4, 0.5) is 14.9 Å². The van der Waals surface area contributed by atoms with E-state index >= 15 is 0 Å². The molecule has 180 valence electrons. The van der Waals surface area contributed by atoms with Crippen LogP contribution in [0.1, 0.15) is 11.1 Å². The van der Waals surface area contributed by atoms with Gasteiger partial charge in [-0.15, -0.1) is 0 Å². The zero-order chi connectivity index (χ0) is 24.3. The van der Waals surface area contributed by atoms with Crippen molar-refractivity contribution in [3.8, 4) is 0 Å². The molecule has 1 N–H and O–H groups in total. The predicted molar refractivity (Wildman–Crippen MR) is 133 cm³/mol. The van der Waals surface area contributed by atoms with Gasteiger partial charge in [0.25, 0.3) is 5.91 Å². The van der Waals surface area contributed by atoms with E-state index in [0.717, 1.165) is 29.9 Å². The van der Waals surface area contributed by atoms with Crippen molar-refractivity contribution in [2.75, 3.05) is 37.7 Å². The fraction of sp³-hybridized carbons (Fsp3) is 0.286. The van der Waals surface area contributed by atoms with E-state index in [-0.39, 0.29) is 24.4 Å². The summed E-state index contributed by atoms with van der Waals surface area (Å²) >= 11 is 0. The summed E-state index contributed by atoms with van der Waals surface area (Å²) in [4.78, 5) is 32.6. The summed E-state index contributed by atoms with van der Waals surface area (Å²) in [6.07, 6.45) is 0.865. The lowest BCUT2D eigenvalue weighted by atomic mass is 9.84. The third kappa shape index (κ3) is 5.05. The number of rotatable bonds is 7. The number of nitrogens with zero attached hydrogens (tertiary/aromatic N) is 3. The van der Waals surface area contributed by atoms with Crippen molar-refractivity contribution in [3.63, 3.8) is 0 Å². The van der Waals surface area contributed by atoms with Gasteiger partial charge in [0, 0.05) is 44.7 Å². The van der Waals surface area contributed by atoms with Crippen molar-refractivity contribution in [2.45, 2.75) is 18.4 Å². The first kappa shape index (κ1) is 23.1. The maximum atomic E-state index is 13.8. The monoisotopic (exact) mass is 472 g/mol. The van der Waals surface area contributed by atoms with Gasteiger partial charge in [-0.3, -0.25) is 9.69 Å². The Kier molecular flexibility index (Phi) is 6.51. The second-order valence-corrected chi connectivity index (χ2v) is 9.29. The molecular formula is C28H29FN4O2. The highest BCUT2D eigenvalue weighted by molar-refractivity contribution is 6.07.